The molecule has 5 heteroatoms. The SMILES string of the molecule is CCc1c(C(=O)C(N)=O)c2c(OCc3ccccc3)cccn2c1Cc1ccccc1Cc1ccccc1. The molecule has 5 rings (SSSR count). The van der Waals surface area contributed by atoms with Gasteiger partial charge in [-0.2, -0.15) is 0 Å². The van der Waals surface area contributed by atoms with Crippen LogP contribution in [0.3, 0.4) is 0 Å². The first-order valence-corrected chi connectivity index (χ1v) is 12.8. The van der Waals surface area contributed by atoms with Crippen LogP contribution in [0.1, 0.15) is 50.8 Å². The second-order valence-electron chi connectivity index (χ2n) is 9.32. The fraction of sp³-hybridized carbons (Fsp3) is 0.152. The van der Waals surface area contributed by atoms with Gasteiger partial charge in [-0.05, 0) is 52.8 Å². The molecule has 0 unspecified atom stereocenters. The van der Waals surface area contributed by atoms with Crippen LogP contribution in [-0.2, 0) is 30.7 Å². The van der Waals surface area contributed by atoms with E-state index in [1.807, 2.05) is 84.3 Å². The largest absolute Gasteiger partial charge is 0.487 e. The number of fused-ring (bicyclic) bond motifs is 1. The summed E-state index contributed by atoms with van der Waals surface area (Å²) in [5.41, 5.74) is 12.8. The summed E-state index contributed by atoms with van der Waals surface area (Å²) in [6.45, 7) is 2.34. The van der Waals surface area contributed by atoms with Crippen LogP contribution in [0.25, 0.3) is 5.52 Å². The van der Waals surface area contributed by atoms with Crippen LogP contribution in [-0.4, -0.2) is 16.1 Å². The third-order valence-electron chi connectivity index (χ3n) is 6.89. The summed E-state index contributed by atoms with van der Waals surface area (Å²) in [4.78, 5) is 25.3. The van der Waals surface area contributed by atoms with E-state index < -0.39 is 11.7 Å². The first kappa shape index (κ1) is 25.0. The van der Waals surface area contributed by atoms with E-state index >= 15 is 0 Å². The minimum absolute atomic E-state index is 0.333. The maximum atomic E-state index is 13.2. The van der Waals surface area contributed by atoms with Crippen molar-refractivity contribution in [3.05, 3.63) is 142 Å². The Morgan fingerprint density at radius 2 is 1.37 bits per heavy atom. The Bertz CT molecular complexity index is 1590. The summed E-state index contributed by atoms with van der Waals surface area (Å²) in [7, 11) is 0. The predicted octanol–water partition coefficient (Wildman–Crippen LogP) is 5.93. The summed E-state index contributed by atoms with van der Waals surface area (Å²) in [5.74, 6) is -1.13. The molecule has 3 aromatic carbocycles. The van der Waals surface area contributed by atoms with Gasteiger partial charge in [0, 0.05) is 18.3 Å². The Morgan fingerprint density at radius 1 is 0.763 bits per heavy atom. The molecule has 38 heavy (non-hydrogen) atoms. The van der Waals surface area contributed by atoms with Gasteiger partial charge in [-0.1, -0.05) is 91.9 Å². The van der Waals surface area contributed by atoms with Gasteiger partial charge in [-0.15, -0.1) is 0 Å². The lowest BCUT2D eigenvalue weighted by Gasteiger charge is -2.13. The molecule has 0 aliphatic carbocycles. The minimum Gasteiger partial charge on any atom is -0.487 e. The van der Waals surface area contributed by atoms with E-state index in [-0.39, 0.29) is 0 Å². The van der Waals surface area contributed by atoms with Crippen molar-refractivity contribution in [3.63, 3.8) is 0 Å². The van der Waals surface area contributed by atoms with Crippen LogP contribution in [0.4, 0.5) is 0 Å². The lowest BCUT2D eigenvalue weighted by Crippen LogP contribution is -2.24. The van der Waals surface area contributed by atoms with Crippen LogP contribution in [0.5, 0.6) is 5.75 Å². The third kappa shape index (κ3) is 5.09. The number of nitrogens with zero attached hydrogens (tertiary/aromatic N) is 1. The highest BCUT2D eigenvalue weighted by Gasteiger charge is 2.28. The van der Waals surface area contributed by atoms with Crippen molar-refractivity contribution in [1.82, 2.24) is 4.40 Å². The summed E-state index contributed by atoms with van der Waals surface area (Å²) in [6.07, 6.45) is 3.91. The zero-order valence-electron chi connectivity index (χ0n) is 21.4. The zero-order valence-corrected chi connectivity index (χ0v) is 21.4. The smallest absolute Gasteiger partial charge is 0.289 e. The molecule has 0 aliphatic rings. The molecule has 0 saturated carbocycles. The number of amides is 1. The van der Waals surface area contributed by atoms with Crippen LogP contribution >= 0.6 is 0 Å². The molecule has 0 spiro atoms. The number of ether oxygens (including phenoxy) is 1. The highest BCUT2D eigenvalue weighted by Crippen LogP contribution is 2.34. The predicted molar refractivity (Wildman–Crippen MR) is 150 cm³/mol. The lowest BCUT2D eigenvalue weighted by atomic mass is 9.94. The van der Waals surface area contributed by atoms with Gasteiger partial charge in [0.2, 0.25) is 0 Å². The van der Waals surface area contributed by atoms with Crippen molar-refractivity contribution in [2.24, 2.45) is 5.73 Å². The number of hydrogen-bond acceptors (Lipinski definition) is 3. The van der Waals surface area contributed by atoms with E-state index in [4.69, 9.17) is 10.5 Å². The highest BCUT2D eigenvalue weighted by atomic mass is 16.5. The van der Waals surface area contributed by atoms with Crippen molar-refractivity contribution in [1.29, 1.82) is 0 Å². The van der Waals surface area contributed by atoms with Crippen molar-refractivity contribution in [3.8, 4) is 5.75 Å². The molecule has 0 bridgehead atoms. The fourth-order valence-electron chi connectivity index (χ4n) is 5.08. The molecule has 5 aromatic rings. The van der Waals surface area contributed by atoms with Crippen molar-refractivity contribution < 1.29 is 14.3 Å². The van der Waals surface area contributed by atoms with E-state index in [9.17, 15) is 9.59 Å². The average Bonchev–Trinajstić information content (AvgIpc) is 3.27. The van der Waals surface area contributed by atoms with Gasteiger partial charge in [-0.3, -0.25) is 9.59 Å². The molecule has 0 fully saturated rings. The molecule has 1 amide bonds. The van der Waals surface area contributed by atoms with E-state index in [0.29, 0.717) is 36.3 Å². The normalized spacial score (nSPS) is 11.0. The lowest BCUT2D eigenvalue weighted by molar-refractivity contribution is -0.114. The number of carbonyl (C=O) groups is 2. The summed E-state index contributed by atoms with van der Waals surface area (Å²) in [6, 6.07) is 32.3. The summed E-state index contributed by atoms with van der Waals surface area (Å²) >= 11 is 0. The monoisotopic (exact) mass is 502 g/mol. The van der Waals surface area contributed by atoms with Gasteiger partial charge in [-0.25, -0.2) is 0 Å². The number of Topliss-reactive ketones (excluding diaryl/α,β-unsaturated/α-hetero) is 1. The van der Waals surface area contributed by atoms with Crippen molar-refractivity contribution in [2.45, 2.75) is 32.8 Å². The van der Waals surface area contributed by atoms with Gasteiger partial charge >= 0.3 is 0 Å². The molecule has 2 aromatic heterocycles. The number of hydrogen-bond donors (Lipinski definition) is 1. The summed E-state index contributed by atoms with van der Waals surface area (Å²) < 4.78 is 8.21. The third-order valence-corrected chi connectivity index (χ3v) is 6.89. The van der Waals surface area contributed by atoms with Crippen LogP contribution in [0.2, 0.25) is 0 Å². The topological polar surface area (TPSA) is 73.8 Å². The first-order chi connectivity index (χ1) is 18.6. The quantitative estimate of drug-likeness (QED) is 0.190. The molecule has 5 nitrogen and oxygen atoms in total. The van der Waals surface area contributed by atoms with Gasteiger partial charge < -0.3 is 14.9 Å². The average molecular weight is 503 g/mol. The van der Waals surface area contributed by atoms with Crippen LogP contribution in [0.15, 0.2) is 103 Å². The first-order valence-electron chi connectivity index (χ1n) is 12.8. The zero-order chi connectivity index (χ0) is 26.5. The minimum atomic E-state index is -0.971. The van der Waals surface area contributed by atoms with Crippen LogP contribution in [0, 0.1) is 0 Å². The van der Waals surface area contributed by atoms with Gasteiger partial charge in [0.15, 0.2) is 0 Å². The number of aromatic nitrogens is 1. The number of nitrogens with two attached hydrogens (primary N) is 1. The Labute approximate surface area is 222 Å². The molecule has 0 aliphatic heterocycles. The Kier molecular flexibility index (Phi) is 7.36. The van der Waals surface area contributed by atoms with Gasteiger partial charge in [0.05, 0.1) is 11.1 Å². The van der Waals surface area contributed by atoms with E-state index in [1.54, 1.807) is 0 Å². The molecule has 0 radical (unpaired) electrons. The van der Waals surface area contributed by atoms with E-state index in [1.165, 1.54) is 16.7 Å². The Morgan fingerprint density at radius 3 is 2.00 bits per heavy atom. The molecule has 2 heterocycles. The number of benzene rings is 3. The second kappa shape index (κ2) is 11.2. The summed E-state index contributed by atoms with van der Waals surface area (Å²) in [5, 5.41) is 0. The standard InChI is InChI=1S/C33H30N2O3/c1-2-27-28(21-26-17-10-9-16-25(26)20-23-12-5-3-6-13-23)35-19-11-18-29(31(35)30(27)32(36)33(34)37)38-22-24-14-7-4-8-15-24/h3-19H,2,20-22H2,1H3,(H2,34,37). The Hall–Kier alpha value is -4.64. The second-order valence-corrected chi connectivity index (χ2v) is 9.32. The Balaban J connectivity index is 1.62. The van der Waals surface area contributed by atoms with Crippen molar-refractivity contribution >= 4 is 17.2 Å². The molecule has 190 valence electrons. The highest BCUT2D eigenvalue weighted by molar-refractivity contribution is 6.44. The van der Waals surface area contributed by atoms with Gasteiger partial charge in [0.25, 0.3) is 11.7 Å². The number of carbonyl (C=O) groups excluding carboxylic acids is 2. The molecule has 0 atom stereocenters. The van der Waals surface area contributed by atoms with Crippen molar-refractivity contribution in [2.75, 3.05) is 0 Å². The molecular weight excluding hydrogens is 472 g/mol. The van der Waals surface area contributed by atoms with E-state index in [0.717, 1.165) is 23.2 Å². The maximum absolute atomic E-state index is 13.2. The number of rotatable bonds is 10. The molecule has 0 saturated heterocycles. The number of pyridine rings is 1. The van der Waals surface area contributed by atoms with Gasteiger partial charge in [0.1, 0.15) is 12.4 Å². The number of primary amides is 1. The van der Waals surface area contributed by atoms with E-state index in [2.05, 4.69) is 30.3 Å². The maximum Gasteiger partial charge on any atom is 0.289 e. The molecular formula is C33H30N2O3. The number of ketones is 1. The fourth-order valence-corrected chi connectivity index (χ4v) is 5.08. The van der Waals surface area contributed by atoms with Crippen LogP contribution < -0.4 is 10.5 Å². The molecule has 2 N–H and O–H groups in total.